The number of aryl methyl sites for hydroxylation is 1. The van der Waals surface area contributed by atoms with E-state index >= 15 is 0 Å². The van der Waals surface area contributed by atoms with Crippen LogP contribution in [-0.2, 0) is 5.75 Å². The molecule has 0 N–H and O–H groups in total. The van der Waals surface area contributed by atoms with E-state index in [9.17, 15) is 9.18 Å². The fourth-order valence-corrected chi connectivity index (χ4v) is 3.68. The zero-order chi connectivity index (χ0) is 18.1. The number of hydrogen-bond acceptors (Lipinski definition) is 4. The van der Waals surface area contributed by atoms with E-state index in [1.807, 2.05) is 12.1 Å². The van der Waals surface area contributed by atoms with Crippen molar-refractivity contribution < 1.29 is 4.39 Å². The van der Waals surface area contributed by atoms with Crippen LogP contribution in [0.25, 0.3) is 11.3 Å². The molecule has 26 heavy (non-hydrogen) atoms. The predicted molar refractivity (Wildman–Crippen MR) is 99.3 cm³/mol. The lowest BCUT2D eigenvalue weighted by atomic mass is 10.1. The van der Waals surface area contributed by atoms with Gasteiger partial charge in [-0.05, 0) is 42.3 Å². The first kappa shape index (κ1) is 16.5. The van der Waals surface area contributed by atoms with Gasteiger partial charge in [0.1, 0.15) is 5.82 Å². The highest BCUT2D eigenvalue weighted by molar-refractivity contribution is 7.98. The third-order valence-electron chi connectivity index (χ3n) is 4.16. The lowest BCUT2D eigenvalue weighted by molar-refractivity contribution is 0.627. The Bertz CT molecular complexity index is 1130. The molecule has 0 fully saturated rings. The van der Waals surface area contributed by atoms with Crippen molar-refractivity contribution in [3.63, 3.8) is 0 Å². The summed E-state index contributed by atoms with van der Waals surface area (Å²) in [5, 5.41) is 8.85. The van der Waals surface area contributed by atoms with Crippen LogP contribution < -0.4 is 5.56 Å². The number of fused-ring (bicyclic) bond motifs is 1. The summed E-state index contributed by atoms with van der Waals surface area (Å²) in [5.74, 6) is 0.398. The van der Waals surface area contributed by atoms with Gasteiger partial charge in [0.25, 0.3) is 0 Å². The molecule has 130 valence electrons. The zero-order valence-electron chi connectivity index (χ0n) is 14.0. The van der Waals surface area contributed by atoms with Crippen molar-refractivity contribution in [2.45, 2.75) is 17.8 Å². The minimum absolute atomic E-state index is 0.240. The molecule has 0 spiro atoms. The molecule has 0 aliphatic heterocycles. The molecular formula is C19H15FN4OS. The maximum Gasteiger partial charge on any atom is 0.300 e. The number of nitrogens with zero attached hydrogens (tertiary/aromatic N) is 4. The standard InChI is InChI=1S/C19H15FN4OS/c1-13-4-2-3-5-14(13)12-26-19-22-21-17-18(25)23(10-11-24(17)19)16-8-6-15(20)7-9-16/h2-11H,12H2,1H3. The van der Waals surface area contributed by atoms with Gasteiger partial charge in [-0.2, -0.15) is 0 Å². The van der Waals surface area contributed by atoms with E-state index in [4.69, 9.17) is 0 Å². The largest absolute Gasteiger partial charge is 0.300 e. The number of hydrogen-bond donors (Lipinski definition) is 0. The SMILES string of the molecule is Cc1ccccc1CSc1nnc2c(=O)n(-c3ccc(F)cc3)ccn12. The Balaban J connectivity index is 1.67. The van der Waals surface area contributed by atoms with E-state index in [1.165, 1.54) is 39.6 Å². The average Bonchev–Trinajstić information content (AvgIpc) is 3.06. The summed E-state index contributed by atoms with van der Waals surface area (Å²) >= 11 is 1.53. The van der Waals surface area contributed by atoms with Gasteiger partial charge in [-0.1, -0.05) is 36.0 Å². The van der Waals surface area contributed by atoms with E-state index in [0.717, 1.165) is 5.75 Å². The minimum Gasteiger partial charge on any atom is -0.280 e. The summed E-state index contributed by atoms with van der Waals surface area (Å²) < 4.78 is 16.2. The van der Waals surface area contributed by atoms with Crippen molar-refractivity contribution in [2.24, 2.45) is 0 Å². The highest BCUT2D eigenvalue weighted by Gasteiger charge is 2.12. The van der Waals surface area contributed by atoms with Crippen molar-refractivity contribution in [2.75, 3.05) is 0 Å². The second-order valence-electron chi connectivity index (χ2n) is 5.84. The number of aromatic nitrogens is 4. The molecule has 5 nitrogen and oxygen atoms in total. The highest BCUT2D eigenvalue weighted by Crippen LogP contribution is 2.22. The first-order valence-electron chi connectivity index (χ1n) is 8.03. The average molecular weight is 366 g/mol. The Morgan fingerprint density at radius 2 is 1.81 bits per heavy atom. The van der Waals surface area contributed by atoms with Crippen molar-refractivity contribution >= 4 is 17.4 Å². The third-order valence-corrected chi connectivity index (χ3v) is 5.15. The normalized spacial score (nSPS) is 11.2. The molecule has 2 heterocycles. The second kappa shape index (κ2) is 6.76. The molecule has 0 atom stereocenters. The first-order chi connectivity index (χ1) is 12.6. The van der Waals surface area contributed by atoms with E-state index in [1.54, 1.807) is 28.9 Å². The maximum atomic E-state index is 13.1. The fourth-order valence-electron chi connectivity index (χ4n) is 2.68. The predicted octanol–water partition coefficient (Wildman–Crippen LogP) is 3.62. The monoisotopic (exact) mass is 366 g/mol. The van der Waals surface area contributed by atoms with Gasteiger partial charge in [-0.15, -0.1) is 10.2 Å². The van der Waals surface area contributed by atoms with E-state index in [2.05, 4.69) is 29.3 Å². The number of benzene rings is 2. The lowest BCUT2D eigenvalue weighted by Crippen LogP contribution is -2.20. The Labute approximate surface area is 153 Å². The molecule has 0 aliphatic carbocycles. The van der Waals surface area contributed by atoms with Crippen LogP contribution in [0.1, 0.15) is 11.1 Å². The summed E-state index contributed by atoms with van der Waals surface area (Å²) in [5.41, 5.74) is 2.95. The molecule has 0 aliphatic rings. The molecule has 2 aromatic heterocycles. The Morgan fingerprint density at radius 1 is 1.04 bits per heavy atom. The van der Waals surface area contributed by atoms with Gasteiger partial charge in [0.15, 0.2) is 5.16 Å². The summed E-state index contributed by atoms with van der Waals surface area (Å²) in [6, 6.07) is 13.9. The zero-order valence-corrected chi connectivity index (χ0v) is 14.8. The number of thioether (sulfide) groups is 1. The molecule has 0 bridgehead atoms. The summed E-state index contributed by atoms with van der Waals surface area (Å²) in [6.45, 7) is 2.07. The molecule has 4 rings (SSSR count). The van der Waals surface area contributed by atoms with E-state index < -0.39 is 0 Å². The van der Waals surface area contributed by atoms with Gasteiger partial charge < -0.3 is 0 Å². The molecule has 0 unspecified atom stereocenters. The van der Waals surface area contributed by atoms with Gasteiger partial charge >= 0.3 is 5.56 Å². The number of rotatable bonds is 4. The van der Waals surface area contributed by atoms with Crippen LogP contribution in [-0.4, -0.2) is 19.2 Å². The molecule has 0 amide bonds. The van der Waals surface area contributed by atoms with E-state index in [-0.39, 0.29) is 17.0 Å². The Morgan fingerprint density at radius 3 is 2.58 bits per heavy atom. The summed E-state index contributed by atoms with van der Waals surface area (Å²) in [4.78, 5) is 12.7. The lowest BCUT2D eigenvalue weighted by Gasteiger charge is -2.07. The minimum atomic E-state index is -0.347. The van der Waals surface area contributed by atoms with Crippen LogP contribution in [0.5, 0.6) is 0 Å². The van der Waals surface area contributed by atoms with Crippen LogP contribution in [0, 0.1) is 12.7 Å². The quantitative estimate of drug-likeness (QED) is 0.518. The third kappa shape index (κ3) is 3.01. The fraction of sp³-hybridized carbons (Fsp3) is 0.105. The topological polar surface area (TPSA) is 52.2 Å². The van der Waals surface area contributed by atoms with Crippen LogP contribution in [0.3, 0.4) is 0 Å². The molecule has 0 saturated carbocycles. The number of halogens is 1. The van der Waals surface area contributed by atoms with Crippen LogP contribution in [0.15, 0.2) is 70.9 Å². The van der Waals surface area contributed by atoms with Crippen molar-refractivity contribution in [3.05, 3.63) is 88.2 Å². The molecule has 2 aromatic carbocycles. The van der Waals surface area contributed by atoms with Crippen LogP contribution >= 0.6 is 11.8 Å². The smallest absolute Gasteiger partial charge is 0.280 e. The van der Waals surface area contributed by atoms with Crippen molar-refractivity contribution in [1.82, 2.24) is 19.2 Å². The molecule has 4 aromatic rings. The summed E-state index contributed by atoms with van der Waals surface area (Å²) in [6.07, 6.45) is 3.39. The van der Waals surface area contributed by atoms with Gasteiger partial charge in [0.05, 0.1) is 0 Å². The van der Waals surface area contributed by atoms with Crippen LogP contribution in [0.2, 0.25) is 0 Å². The van der Waals surface area contributed by atoms with Gasteiger partial charge in [-0.25, -0.2) is 4.39 Å². The summed E-state index contributed by atoms with van der Waals surface area (Å²) in [7, 11) is 0. The molecular weight excluding hydrogens is 351 g/mol. The van der Waals surface area contributed by atoms with Gasteiger partial charge in [0, 0.05) is 23.8 Å². The van der Waals surface area contributed by atoms with Crippen molar-refractivity contribution in [3.8, 4) is 5.69 Å². The van der Waals surface area contributed by atoms with E-state index in [0.29, 0.717) is 10.8 Å². The molecule has 0 saturated heterocycles. The van der Waals surface area contributed by atoms with Crippen molar-refractivity contribution in [1.29, 1.82) is 0 Å². The molecule has 7 heteroatoms. The molecule has 0 radical (unpaired) electrons. The van der Waals surface area contributed by atoms with Gasteiger partial charge in [0.2, 0.25) is 5.65 Å². The first-order valence-corrected chi connectivity index (χ1v) is 9.02. The maximum absolute atomic E-state index is 13.1. The Kier molecular flexibility index (Phi) is 4.30. The van der Waals surface area contributed by atoms with Gasteiger partial charge in [-0.3, -0.25) is 13.8 Å². The second-order valence-corrected chi connectivity index (χ2v) is 6.78. The highest BCUT2D eigenvalue weighted by atomic mass is 32.2. The Hall–Kier alpha value is -2.93. The van der Waals surface area contributed by atoms with Crippen LogP contribution in [0.4, 0.5) is 4.39 Å².